The molecule has 21 heavy (non-hydrogen) atoms. The van der Waals surface area contributed by atoms with Gasteiger partial charge in [0.25, 0.3) is 0 Å². The number of hydrogen-bond acceptors (Lipinski definition) is 5. The molecule has 0 spiro atoms. The van der Waals surface area contributed by atoms with Crippen LogP contribution in [0, 0.1) is 5.82 Å². The second-order valence-electron chi connectivity index (χ2n) is 4.72. The van der Waals surface area contributed by atoms with Crippen LogP contribution in [0.4, 0.5) is 15.8 Å². The minimum absolute atomic E-state index is 0.0499. The normalized spacial score (nSPS) is 15.7. The summed E-state index contributed by atoms with van der Waals surface area (Å²) in [6, 6.07) is 3.89. The van der Waals surface area contributed by atoms with E-state index in [1.165, 1.54) is 18.2 Å². The number of imide groups is 1. The zero-order chi connectivity index (χ0) is 15.4. The summed E-state index contributed by atoms with van der Waals surface area (Å²) in [7, 11) is 0. The number of halogens is 1. The summed E-state index contributed by atoms with van der Waals surface area (Å²) in [6.45, 7) is 0.451. The summed E-state index contributed by atoms with van der Waals surface area (Å²) in [6.07, 6.45) is 0.109. The molecule has 1 saturated heterocycles. The summed E-state index contributed by atoms with van der Waals surface area (Å²) < 4.78 is 13.0. The number of carbonyl (C=O) groups excluding carboxylic acids is 3. The van der Waals surface area contributed by atoms with E-state index in [0.717, 1.165) is 0 Å². The Hall–Kier alpha value is -2.48. The van der Waals surface area contributed by atoms with E-state index in [-0.39, 0.29) is 49.5 Å². The zero-order valence-corrected chi connectivity index (χ0v) is 11.2. The van der Waals surface area contributed by atoms with Gasteiger partial charge in [0.05, 0.1) is 18.8 Å². The molecular formula is C13H15FN4O3. The van der Waals surface area contributed by atoms with Gasteiger partial charge in [0, 0.05) is 18.7 Å². The van der Waals surface area contributed by atoms with Crippen molar-refractivity contribution >= 4 is 29.1 Å². The first-order chi connectivity index (χ1) is 9.94. The maximum absolute atomic E-state index is 13.0. The maximum Gasteiger partial charge on any atom is 0.240 e. The van der Waals surface area contributed by atoms with Crippen molar-refractivity contribution in [2.24, 2.45) is 0 Å². The predicted octanol–water partition coefficient (Wildman–Crippen LogP) is -0.305. The van der Waals surface area contributed by atoms with Crippen LogP contribution in [-0.2, 0) is 14.4 Å². The molecule has 2 rings (SSSR count). The molecule has 112 valence electrons. The lowest BCUT2D eigenvalue weighted by Crippen LogP contribution is -2.51. The Morgan fingerprint density at radius 3 is 2.62 bits per heavy atom. The first-order valence-corrected chi connectivity index (χ1v) is 6.34. The monoisotopic (exact) mass is 294 g/mol. The van der Waals surface area contributed by atoms with Crippen LogP contribution in [0.2, 0.25) is 0 Å². The van der Waals surface area contributed by atoms with Crippen molar-refractivity contribution < 1.29 is 18.8 Å². The summed E-state index contributed by atoms with van der Waals surface area (Å²) in [4.78, 5) is 35.7. The topological polar surface area (TPSA) is 105 Å². The molecule has 0 saturated carbocycles. The molecule has 7 nitrogen and oxygen atoms in total. The fourth-order valence-corrected chi connectivity index (χ4v) is 1.96. The average Bonchev–Trinajstić information content (AvgIpc) is 2.40. The van der Waals surface area contributed by atoms with Gasteiger partial charge in [0.2, 0.25) is 17.7 Å². The number of rotatable bonds is 4. The number of carbonyl (C=O) groups is 3. The lowest BCUT2D eigenvalue weighted by molar-refractivity contribution is -0.136. The molecule has 0 radical (unpaired) electrons. The third-order valence-electron chi connectivity index (χ3n) is 2.95. The van der Waals surface area contributed by atoms with Gasteiger partial charge >= 0.3 is 0 Å². The number of anilines is 2. The predicted molar refractivity (Wildman–Crippen MR) is 73.6 cm³/mol. The molecule has 0 aliphatic carbocycles. The standard InChI is InChI=1S/C13H15FN4O3/c14-9-2-1-8(5-10(9)15)16-11(19)3-4-18-6-12(20)17-13(21)7-18/h1-2,5H,3-4,6-7,15H2,(H,16,19)(H,17,20,21). The highest BCUT2D eigenvalue weighted by Crippen LogP contribution is 2.16. The van der Waals surface area contributed by atoms with Crippen molar-refractivity contribution in [3.05, 3.63) is 24.0 Å². The molecule has 4 N–H and O–H groups in total. The molecule has 1 fully saturated rings. The fourth-order valence-electron chi connectivity index (χ4n) is 1.96. The lowest BCUT2D eigenvalue weighted by Gasteiger charge is -2.24. The van der Waals surface area contributed by atoms with Crippen molar-refractivity contribution in [2.45, 2.75) is 6.42 Å². The van der Waals surface area contributed by atoms with Crippen molar-refractivity contribution in [1.82, 2.24) is 10.2 Å². The third kappa shape index (κ3) is 4.25. The van der Waals surface area contributed by atoms with Crippen molar-refractivity contribution in [3.63, 3.8) is 0 Å². The fraction of sp³-hybridized carbons (Fsp3) is 0.308. The van der Waals surface area contributed by atoms with Crippen LogP contribution >= 0.6 is 0 Å². The Labute approximate surface area is 120 Å². The van der Waals surface area contributed by atoms with Crippen LogP contribution in [0.3, 0.4) is 0 Å². The second kappa shape index (κ2) is 6.31. The molecule has 1 aromatic carbocycles. The Morgan fingerprint density at radius 2 is 2.00 bits per heavy atom. The van der Waals surface area contributed by atoms with E-state index < -0.39 is 5.82 Å². The van der Waals surface area contributed by atoms with Gasteiger partial charge in [0.15, 0.2) is 0 Å². The zero-order valence-electron chi connectivity index (χ0n) is 11.2. The first-order valence-electron chi connectivity index (χ1n) is 6.34. The Bertz CT molecular complexity index is 575. The van der Waals surface area contributed by atoms with E-state index >= 15 is 0 Å². The number of amides is 3. The minimum Gasteiger partial charge on any atom is -0.396 e. The van der Waals surface area contributed by atoms with Crippen LogP contribution in [0.15, 0.2) is 18.2 Å². The third-order valence-corrected chi connectivity index (χ3v) is 2.95. The first kappa shape index (κ1) is 14.9. The molecule has 1 aromatic rings. The van der Waals surface area contributed by atoms with Gasteiger partial charge in [-0.1, -0.05) is 0 Å². The quantitative estimate of drug-likeness (QED) is 0.522. The van der Waals surface area contributed by atoms with E-state index in [4.69, 9.17) is 5.73 Å². The lowest BCUT2D eigenvalue weighted by atomic mass is 10.2. The molecule has 1 heterocycles. The molecule has 0 unspecified atom stereocenters. The van der Waals surface area contributed by atoms with Crippen LogP contribution < -0.4 is 16.4 Å². The number of nitrogens with two attached hydrogens (primary N) is 1. The highest BCUT2D eigenvalue weighted by molar-refractivity contribution is 5.99. The number of nitrogens with one attached hydrogen (secondary N) is 2. The van der Waals surface area contributed by atoms with Gasteiger partial charge in [-0.15, -0.1) is 0 Å². The van der Waals surface area contributed by atoms with Crippen LogP contribution in [0.25, 0.3) is 0 Å². The van der Waals surface area contributed by atoms with E-state index in [1.54, 1.807) is 4.90 Å². The molecular weight excluding hydrogens is 279 g/mol. The Kier molecular flexibility index (Phi) is 4.49. The molecule has 3 amide bonds. The van der Waals surface area contributed by atoms with Gasteiger partial charge < -0.3 is 11.1 Å². The number of benzene rings is 1. The number of nitrogen functional groups attached to an aromatic ring is 1. The van der Waals surface area contributed by atoms with Crippen molar-refractivity contribution in [2.75, 3.05) is 30.7 Å². The summed E-state index contributed by atoms with van der Waals surface area (Å²) in [5.41, 5.74) is 5.75. The molecule has 8 heteroatoms. The van der Waals surface area contributed by atoms with Gasteiger partial charge in [-0.05, 0) is 18.2 Å². The highest BCUT2D eigenvalue weighted by Gasteiger charge is 2.22. The Morgan fingerprint density at radius 1 is 1.33 bits per heavy atom. The van der Waals surface area contributed by atoms with Gasteiger partial charge in [-0.25, -0.2) is 4.39 Å². The van der Waals surface area contributed by atoms with Gasteiger partial charge in [-0.2, -0.15) is 0 Å². The summed E-state index contributed by atoms with van der Waals surface area (Å²) >= 11 is 0. The SMILES string of the molecule is Nc1cc(NC(=O)CCN2CC(=O)NC(=O)C2)ccc1F. The second-order valence-corrected chi connectivity index (χ2v) is 4.72. The molecule has 0 atom stereocenters. The van der Waals surface area contributed by atoms with Crippen LogP contribution in [-0.4, -0.2) is 42.3 Å². The molecule has 0 bridgehead atoms. The number of piperazine rings is 1. The van der Waals surface area contributed by atoms with Gasteiger partial charge in [-0.3, -0.25) is 24.6 Å². The van der Waals surface area contributed by atoms with Gasteiger partial charge in [0.1, 0.15) is 5.82 Å². The molecule has 0 aromatic heterocycles. The van der Waals surface area contributed by atoms with Crippen molar-refractivity contribution in [3.8, 4) is 0 Å². The minimum atomic E-state index is -0.550. The van der Waals surface area contributed by atoms with Crippen LogP contribution in [0.1, 0.15) is 6.42 Å². The van der Waals surface area contributed by atoms with Crippen LogP contribution in [0.5, 0.6) is 0 Å². The molecule has 1 aliphatic rings. The van der Waals surface area contributed by atoms with E-state index in [1.807, 2.05) is 0 Å². The van der Waals surface area contributed by atoms with E-state index in [9.17, 15) is 18.8 Å². The van der Waals surface area contributed by atoms with E-state index in [2.05, 4.69) is 10.6 Å². The largest absolute Gasteiger partial charge is 0.396 e. The maximum atomic E-state index is 13.0. The Balaban J connectivity index is 1.83. The van der Waals surface area contributed by atoms with Crippen molar-refractivity contribution in [1.29, 1.82) is 0 Å². The number of nitrogens with zero attached hydrogens (tertiary/aromatic N) is 1. The highest BCUT2D eigenvalue weighted by atomic mass is 19.1. The smallest absolute Gasteiger partial charge is 0.240 e. The average molecular weight is 294 g/mol. The molecule has 1 aliphatic heterocycles. The van der Waals surface area contributed by atoms with E-state index in [0.29, 0.717) is 5.69 Å². The summed E-state index contributed by atoms with van der Waals surface area (Å²) in [5.74, 6) is -1.61. The summed E-state index contributed by atoms with van der Waals surface area (Å²) in [5, 5.41) is 4.75. The number of hydrogen-bond donors (Lipinski definition) is 3.